The number of ether oxygens (including phenoxy) is 4. The number of hydrogen-bond donors (Lipinski definition) is 3. The molecule has 246 valence electrons. The molecule has 5 rings (SSSR count). The van der Waals surface area contributed by atoms with Crippen molar-refractivity contribution in [2.75, 3.05) is 13.6 Å². The summed E-state index contributed by atoms with van der Waals surface area (Å²) in [4.78, 5) is 58.4. The number of halogens is 3. The number of likely N-dealkylation sites (N-methyl/N-ethyl adjacent to an activating group) is 1. The number of carboxylic acids is 1. The highest BCUT2D eigenvalue weighted by atomic mass is 19.4. The molecule has 2 aliphatic carbocycles. The third kappa shape index (κ3) is 6.13. The molecular weight excluding hydrogens is 611 g/mol. The molecule has 0 aromatic heterocycles. The van der Waals surface area contributed by atoms with Crippen molar-refractivity contribution in [3.05, 3.63) is 40.7 Å². The van der Waals surface area contributed by atoms with Crippen LogP contribution < -0.4 is 4.74 Å². The van der Waals surface area contributed by atoms with Gasteiger partial charge in [0.1, 0.15) is 11.5 Å². The van der Waals surface area contributed by atoms with Crippen molar-refractivity contribution in [2.24, 2.45) is 0 Å². The fourth-order valence-electron chi connectivity index (χ4n) is 6.66. The van der Waals surface area contributed by atoms with Gasteiger partial charge in [-0.1, -0.05) is 12.1 Å². The number of likely N-dealkylation sites (tertiary alicyclic amines) is 1. The van der Waals surface area contributed by atoms with E-state index in [0.29, 0.717) is 30.7 Å². The molecule has 1 spiro atoms. The quantitative estimate of drug-likeness (QED) is 0.208. The van der Waals surface area contributed by atoms with Gasteiger partial charge in [-0.15, -0.1) is 0 Å². The lowest BCUT2D eigenvalue weighted by atomic mass is 9.50. The van der Waals surface area contributed by atoms with Crippen LogP contribution in [0.2, 0.25) is 0 Å². The van der Waals surface area contributed by atoms with Crippen LogP contribution in [-0.4, -0.2) is 100 Å². The number of carbonyl (C=O) groups is 5. The Morgan fingerprint density at radius 3 is 2.47 bits per heavy atom. The molecule has 0 radical (unpaired) electrons. The summed E-state index contributed by atoms with van der Waals surface area (Å²) < 4.78 is 53.0. The Morgan fingerprint density at radius 1 is 1.22 bits per heavy atom. The second-order valence-corrected chi connectivity index (χ2v) is 11.3. The van der Waals surface area contributed by atoms with Crippen LogP contribution >= 0.6 is 0 Å². The van der Waals surface area contributed by atoms with E-state index in [1.165, 1.54) is 6.92 Å². The number of carbonyl (C=O) groups excluding carboxylic acids is 4. The fraction of sp³-hybridized carbons (Fsp3) is 0.552. The van der Waals surface area contributed by atoms with Gasteiger partial charge in [0.2, 0.25) is 12.4 Å². The van der Waals surface area contributed by atoms with Crippen LogP contribution in [0.1, 0.15) is 49.8 Å². The molecular formula is C29H32F3NO12. The third-order valence-electron chi connectivity index (χ3n) is 8.55. The van der Waals surface area contributed by atoms with Crippen molar-refractivity contribution >= 4 is 30.2 Å². The van der Waals surface area contributed by atoms with Gasteiger partial charge in [0, 0.05) is 30.5 Å². The van der Waals surface area contributed by atoms with Crippen molar-refractivity contribution in [3.63, 3.8) is 0 Å². The summed E-state index contributed by atoms with van der Waals surface area (Å²) in [6, 6.07) is 3.57. The Kier molecular flexibility index (Phi) is 9.33. The Morgan fingerprint density at radius 2 is 1.89 bits per heavy atom. The second-order valence-electron chi connectivity index (χ2n) is 11.3. The van der Waals surface area contributed by atoms with Crippen molar-refractivity contribution < 1.29 is 71.4 Å². The lowest BCUT2D eigenvalue weighted by Gasteiger charge is -2.61. The van der Waals surface area contributed by atoms with Gasteiger partial charge in [-0.05, 0) is 45.0 Å². The van der Waals surface area contributed by atoms with Gasteiger partial charge < -0.3 is 39.2 Å². The standard InChI is InChI=1S/C27H31NO11.C2HF3O/c1-13(36-20(31)11-18(24(32)33)37-14(2)30)25(34)38-17-6-7-27(35)19-10-15-4-5-16(12-29)22-21(15)26(27,23(17)39-22)8-9-28(19)3;3-2(4,5)1-6/h4-6,13,18-19,23,29,35H,7-12H2,1-3H3,(H,32,33);1H/t13-,18-,19+,23-,26-,27+;/m0./s1. The van der Waals surface area contributed by atoms with E-state index in [-0.39, 0.29) is 24.8 Å². The van der Waals surface area contributed by atoms with E-state index in [4.69, 9.17) is 24.1 Å². The normalized spacial score (nSPS) is 27.2. The van der Waals surface area contributed by atoms with Gasteiger partial charge in [0.25, 0.3) is 0 Å². The molecule has 2 bridgehead atoms. The first kappa shape index (κ1) is 33.9. The molecule has 0 unspecified atom stereocenters. The number of benzene rings is 1. The first-order valence-corrected chi connectivity index (χ1v) is 13.9. The van der Waals surface area contributed by atoms with Crippen LogP contribution in [0.15, 0.2) is 24.0 Å². The minimum absolute atomic E-state index is 0.173. The van der Waals surface area contributed by atoms with Crippen molar-refractivity contribution in [1.82, 2.24) is 4.90 Å². The van der Waals surface area contributed by atoms with E-state index < -0.39 is 72.1 Å². The number of alkyl halides is 3. The Balaban J connectivity index is 0.000000700. The first-order valence-electron chi connectivity index (χ1n) is 13.9. The smallest absolute Gasteiger partial charge is 0.446 e. The molecule has 16 heteroatoms. The lowest BCUT2D eigenvalue weighted by Crippen LogP contribution is -2.74. The number of aliphatic carboxylic acids is 1. The maximum atomic E-state index is 13.0. The maximum Gasteiger partial charge on any atom is 0.446 e. The largest absolute Gasteiger partial charge is 0.481 e. The van der Waals surface area contributed by atoms with E-state index in [1.807, 2.05) is 13.1 Å². The van der Waals surface area contributed by atoms with Crippen LogP contribution in [0.25, 0.3) is 0 Å². The Bertz CT molecular complexity index is 1430. The van der Waals surface area contributed by atoms with Gasteiger partial charge in [0.05, 0.1) is 24.0 Å². The first-order chi connectivity index (χ1) is 21.0. The summed E-state index contributed by atoms with van der Waals surface area (Å²) in [5.74, 6) is -3.72. The molecule has 1 saturated heterocycles. The Labute approximate surface area is 254 Å². The van der Waals surface area contributed by atoms with Crippen LogP contribution in [-0.2, 0) is 56.6 Å². The molecule has 3 N–H and O–H groups in total. The fourth-order valence-corrected chi connectivity index (χ4v) is 6.66. The average molecular weight is 644 g/mol. The topological polar surface area (TPSA) is 186 Å². The average Bonchev–Trinajstić information content (AvgIpc) is 3.31. The SMILES string of the molecule is CC(=O)O[C@@H](CC(=O)O[C@@H](C)C(=O)OC1=CC[C@@]2(O)[C@H]3Cc4ccc(CO)c5c4[C@@]2(CCN3C)[C@H]1O5)C(=O)O.O=CC(F)(F)F. The zero-order valence-electron chi connectivity index (χ0n) is 24.5. The van der Waals surface area contributed by atoms with Crippen LogP contribution in [0.5, 0.6) is 5.75 Å². The summed E-state index contributed by atoms with van der Waals surface area (Å²) in [6.45, 7) is 2.70. The van der Waals surface area contributed by atoms with Crippen LogP contribution in [0, 0.1) is 0 Å². The predicted octanol–water partition coefficient (Wildman–Crippen LogP) is 1.09. The van der Waals surface area contributed by atoms with E-state index in [9.17, 15) is 42.6 Å². The second kappa shape index (κ2) is 12.4. The number of nitrogens with zero attached hydrogens (tertiary/aromatic N) is 1. The summed E-state index contributed by atoms with van der Waals surface area (Å²) in [6.07, 6.45) is -7.53. The number of rotatable bonds is 8. The molecule has 1 aromatic rings. The highest BCUT2D eigenvalue weighted by Gasteiger charge is 2.72. The molecule has 1 aromatic carbocycles. The van der Waals surface area contributed by atoms with Gasteiger partial charge in [-0.2, -0.15) is 13.2 Å². The summed E-state index contributed by atoms with van der Waals surface area (Å²) in [7, 11) is 1.97. The van der Waals surface area contributed by atoms with Crippen molar-refractivity contribution in [1.29, 1.82) is 0 Å². The monoisotopic (exact) mass is 643 g/mol. The number of carboxylic acid groups (broad SMARTS) is 1. The molecule has 2 aliphatic heterocycles. The van der Waals surface area contributed by atoms with Gasteiger partial charge in [0.15, 0.2) is 12.2 Å². The summed E-state index contributed by atoms with van der Waals surface area (Å²) in [5, 5.41) is 31.3. The Hall–Kier alpha value is -4.02. The number of aliphatic hydroxyl groups is 2. The highest BCUT2D eigenvalue weighted by Crippen LogP contribution is 2.64. The molecule has 1 fully saturated rings. The van der Waals surface area contributed by atoms with E-state index in [1.54, 1.807) is 12.1 Å². The lowest BCUT2D eigenvalue weighted by molar-refractivity contribution is -0.177. The predicted molar refractivity (Wildman–Crippen MR) is 142 cm³/mol. The van der Waals surface area contributed by atoms with Crippen molar-refractivity contribution in [3.8, 4) is 5.75 Å². The minimum atomic E-state index is -4.64. The van der Waals surface area contributed by atoms with E-state index >= 15 is 0 Å². The van der Waals surface area contributed by atoms with E-state index in [0.717, 1.165) is 18.1 Å². The van der Waals surface area contributed by atoms with Crippen LogP contribution in [0.3, 0.4) is 0 Å². The highest BCUT2D eigenvalue weighted by molar-refractivity contribution is 5.85. The molecule has 0 amide bonds. The molecule has 4 aliphatic rings. The van der Waals surface area contributed by atoms with Crippen LogP contribution in [0.4, 0.5) is 13.2 Å². The number of piperidine rings is 1. The summed E-state index contributed by atoms with van der Waals surface area (Å²) in [5.41, 5.74) is 0.333. The number of aliphatic hydroxyl groups excluding tert-OH is 1. The number of esters is 3. The molecule has 0 saturated carbocycles. The maximum absolute atomic E-state index is 13.0. The van der Waals surface area contributed by atoms with Gasteiger partial charge >= 0.3 is 30.1 Å². The zero-order valence-corrected chi connectivity index (χ0v) is 24.5. The van der Waals surface area contributed by atoms with E-state index in [2.05, 4.69) is 9.64 Å². The number of aldehydes is 1. The van der Waals surface area contributed by atoms with Gasteiger partial charge in [-0.3, -0.25) is 14.4 Å². The zero-order chi connectivity index (χ0) is 33.5. The van der Waals surface area contributed by atoms with Crippen molar-refractivity contribution in [2.45, 2.75) is 87.7 Å². The molecule has 45 heavy (non-hydrogen) atoms. The molecule has 2 heterocycles. The number of hydrogen-bond acceptors (Lipinski definition) is 12. The molecule has 13 nitrogen and oxygen atoms in total. The third-order valence-corrected chi connectivity index (χ3v) is 8.55. The molecule has 6 atom stereocenters. The minimum Gasteiger partial charge on any atom is -0.481 e. The summed E-state index contributed by atoms with van der Waals surface area (Å²) >= 11 is 0. The van der Waals surface area contributed by atoms with Gasteiger partial charge in [-0.25, -0.2) is 9.59 Å².